The molecular weight excluding hydrogens is 374 g/mol. The van der Waals surface area contributed by atoms with Crippen molar-refractivity contribution in [3.8, 4) is 0 Å². The van der Waals surface area contributed by atoms with Crippen LogP contribution in [0.3, 0.4) is 0 Å². The Balaban J connectivity index is 3.06. The van der Waals surface area contributed by atoms with Crippen molar-refractivity contribution in [1.82, 2.24) is 0 Å². The first-order valence-electron chi connectivity index (χ1n) is 3.08. The number of halogens is 4. The first-order chi connectivity index (χ1) is 5.61. The van der Waals surface area contributed by atoms with E-state index in [2.05, 4.69) is 38.5 Å². The molecule has 0 spiro atoms. The Morgan fingerprint density at radius 2 is 1.75 bits per heavy atom. The van der Waals surface area contributed by atoms with Crippen LogP contribution in [0, 0.1) is 0 Å². The highest BCUT2D eigenvalue weighted by molar-refractivity contribution is 14.1. The van der Waals surface area contributed by atoms with Crippen LogP contribution >= 0.6 is 61.7 Å². The number of rotatable bonds is 1. The molecular formula is C8H4BrCl2I. The summed E-state index contributed by atoms with van der Waals surface area (Å²) in [5, 5.41) is 1.42. The lowest BCUT2D eigenvalue weighted by Crippen LogP contribution is -1.75. The van der Waals surface area contributed by atoms with Crippen molar-refractivity contribution in [2.75, 3.05) is 0 Å². The Labute approximate surface area is 103 Å². The van der Waals surface area contributed by atoms with Crippen molar-refractivity contribution in [1.29, 1.82) is 0 Å². The molecule has 64 valence electrons. The highest BCUT2D eigenvalue weighted by Crippen LogP contribution is 2.31. The van der Waals surface area contributed by atoms with Gasteiger partial charge in [0.05, 0.1) is 7.52 Å². The van der Waals surface area contributed by atoms with Gasteiger partial charge < -0.3 is 0 Å². The number of hydrogen-bond acceptors (Lipinski definition) is 0. The standard InChI is InChI=1S/C8H4BrCl2I/c9-8(12)7(11)5-1-3-6(10)4-2-5/h1-4H/b8-7+. The molecule has 0 aromatic heterocycles. The average Bonchev–Trinajstić information content (AvgIpc) is 2.04. The molecule has 0 saturated carbocycles. The van der Waals surface area contributed by atoms with Gasteiger partial charge in [-0.3, -0.25) is 0 Å². The van der Waals surface area contributed by atoms with Crippen LogP contribution in [0.1, 0.15) is 5.56 Å². The fraction of sp³-hybridized carbons (Fsp3) is 0. The van der Waals surface area contributed by atoms with Crippen LogP contribution in [0.25, 0.3) is 5.03 Å². The summed E-state index contributed by atoms with van der Waals surface area (Å²) in [4.78, 5) is 0. The zero-order valence-electron chi connectivity index (χ0n) is 5.82. The maximum atomic E-state index is 5.98. The summed E-state index contributed by atoms with van der Waals surface area (Å²) in [5.41, 5.74) is 0.961. The van der Waals surface area contributed by atoms with Crippen LogP contribution < -0.4 is 0 Å². The Hall–Kier alpha value is 0.750. The molecule has 0 nitrogen and oxygen atoms in total. The van der Waals surface area contributed by atoms with Crippen molar-refractivity contribution >= 4 is 66.8 Å². The van der Waals surface area contributed by atoms with E-state index in [1.165, 1.54) is 0 Å². The van der Waals surface area contributed by atoms with Gasteiger partial charge in [0.2, 0.25) is 0 Å². The molecule has 0 bridgehead atoms. The zero-order valence-corrected chi connectivity index (χ0v) is 11.1. The average molecular weight is 378 g/mol. The normalized spacial score (nSPS) is 12.7. The molecule has 0 heterocycles. The number of benzene rings is 1. The lowest BCUT2D eigenvalue weighted by molar-refractivity contribution is 1.65. The van der Waals surface area contributed by atoms with Gasteiger partial charge in [-0.25, -0.2) is 0 Å². The third-order valence-electron chi connectivity index (χ3n) is 1.26. The second kappa shape index (κ2) is 4.84. The van der Waals surface area contributed by atoms with E-state index in [1.54, 1.807) is 0 Å². The molecule has 0 saturated heterocycles. The van der Waals surface area contributed by atoms with E-state index in [-0.39, 0.29) is 0 Å². The van der Waals surface area contributed by atoms with E-state index < -0.39 is 0 Å². The van der Waals surface area contributed by atoms with Gasteiger partial charge in [-0.15, -0.1) is 0 Å². The van der Waals surface area contributed by atoms with E-state index in [4.69, 9.17) is 23.2 Å². The van der Waals surface area contributed by atoms with Gasteiger partial charge in [-0.2, -0.15) is 0 Å². The molecule has 0 aliphatic rings. The van der Waals surface area contributed by atoms with Crippen molar-refractivity contribution < 1.29 is 0 Å². The van der Waals surface area contributed by atoms with E-state index in [1.807, 2.05) is 24.3 Å². The molecule has 0 N–H and O–H groups in total. The summed E-state index contributed by atoms with van der Waals surface area (Å²) in [6, 6.07) is 7.38. The largest absolute Gasteiger partial charge is 0.0843 e. The lowest BCUT2D eigenvalue weighted by atomic mass is 10.2. The van der Waals surface area contributed by atoms with Crippen LogP contribution in [0.4, 0.5) is 0 Å². The fourth-order valence-electron chi connectivity index (χ4n) is 0.705. The topological polar surface area (TPSA) is 0 Å². The molecule has 0 radical (unpaired) electrons. The first-order valence-corrected chi connectivity index (χ1v) is 5.70. The van der Waals surface area contributed by atoms with Crippen LogP contribution in [0.15, 0.2) is 26.8 Å². The van der Waals surface area contributed by atoms with E-state index in [0.717, 1.165) is 8.05 Å². The van der Waals surface area contributed by atoms with Gasteiger partial charge >= 0.3 is 0 Å². The highest BCUT2D eigenvalue weighted by Gasteiger charge is 2.00. The monoisotopic (exact) mass is 376 g/mol. The van der Waals surface area contributed by atoms with Gasteiger partial charge in [0.15, 0.2) is 0 Å². The predicted octanol–water partition coefficient (Wildman–Crippen LogP) is 5.03. The molecule has 1 aromatic rings. The minimum atomic E-state index is 0.701. The van der Waals surface area contributed by atoms with E-state index in [9.17, 15) is 0 Å². The Morgan fingerprint density at radius 3 is 2.17 bits per heavy atom. The molecule has 4 heteroatoms. The molecule has 0 unspecified atom stereocenters. The molecule has 0 fully saturated rings. The fourth-order valence-corrected chi connectivity index (χ4v) is 1.50. The van der Waals surface area contributed by atoms with Crippen LogP contribution in [0.2, 0.25) is 5.02 Å². The highest BCUT2D eigenvalue weighted by atomic mass is 127. The first kappa shape index (κ1) is 10.8. The molecule has 1 aromatic carbocycles. The third kappa shape index (κ3) is 2.91. The second-order valence-corrected chi connectivity index (χ2v) is 6.25. The van der Waals surface area contributed by atoms with Crippen molar-refractivity contribution in [3.63, 3.8) is 0 Å². The minimum Gasteiger partial charge on any atom is -0.0843 e. The summed E-state index contributed by atoms with van der Waals surface area (Å²) in [5.74, 6) is 0. The second-order valence-electron chi connectivity index (χ2n) is 2.08. The summed E-state index contributed by atoms with van der Waals surface area (Å²) < 4.78 is 0.893. The molecule has 0 aliphatic heterocycles. The maximum absolute atomic E-state index is 5.98. The smallest absolute Gasteiger partial charge is 0.0751 e. The van der Waals surface area contributed by atoms with Gasteiger partial charge in [0, 0.05) is 5.02 Å². The van der Waals surface area contributed by atoms with Crippen molar-refractivity contribution in [2.45, 2.75) is 0 Å². The Bertz CT molecular complexity index is 301. The molecule has 12 heavy (non-hydrogen) atoms. The minimum absolute atomic E-state index is 0.701. The van der Waals surface area contributed by atoms with E-state index in [0.29, 0.717) is 10.1 Å². The summed E-state index contributed by atoms with van der Waals surface area (Å²) in [7, 11) is 0. The van der Waals surface area contributed by atoms with Crippen molar-refractivity contribution in [2.24, 2.45) is 0 Å². The van der Waals surface area contributed by atoms with Gasteiger partial charge in [0.1, 0.15) is 0 Å². The Morgan fingerprint density at radius 1 is 1.25 bits per heavy atom. The summed E-state index contributed by atoms with van der Waals surface area (Å²) >= 11 is 17.1. The van der Waals surface area contributed by atoms with E-state index >= 15 is 0 Å². The van der Waals surface area contributed by atoms with Gasteiger partial charge in [-0.05, 0) is 56.2 Å². The summed E-state index contributed by atoms with van der Waals surface area (Å²) in [6.07, 6.45) is 0. The quantitative estimate of drug-likeness (QED) is 0.602. The zero-order chi connectivity index (χ0) is 9.14. The SMILES string of the molecule is Cl/C(=C(\Br)I)c1ccc(Cl)cc1. The van der Waals surface area contributed by atoms with Gasteiger partial charge in [-0.1, -0.05) is 35.3 Å². The Kier molecular flexibility index (Phi) is 4.37. The number of hydrogen-bond donors (Lipinski definition) is 0. The predicted molar refractivity (Wildman–Crippen MR) is 67.2 cm³/mol. The molecule has 0 aliphatic carbocycles. The molecule has 0 amide bonds. The summed E-state index contributed by atoms with van der Waals surface area (Å²) in [6.45, 7) is 0. The molecule has 1 rings (SSSR count). The van der Waals surface area contributed by atoms with Crippen LogP contribution in [-0.2, 0) is 0 Å². The molecule has 0 atom stereocenters. The van der Waals surface area contributed by atoms with Gasteiger partial charge in [0.25, 0.3) is 0 Å². The maximum Gasteiger partial charge on any atom is 0.0751 e. The third-order valence-corrected chi connectivity index (χ3v) is 3.41. The van der Waals surface area contributed by atoms with Crippen molar-refractivity contribution in [3.05, 3.63) is 37.3 Å². The van der Waals surface area contributed by atoms with Crippen LogP contribution in [0.5, 0.6) is 0 Å². The van der Waals surface area contributed by atoms with Crippen LogP contribution in [-0.4, -0.2) is 0 Å². The lowest BCUT2D eigenvalue weighted by Gasteiger charge is -1.98.